The second kappa shape index (κ2) is 2.70. The van der Waals surface area contributed by atoms with E-state index in [-0.39, 0.29) is 0 Å². The zero-order chi connectivity index (χ0) is 5.98. The Morgan fingerprint density at radius 2 is 2.25 bits per heavy atom. The molecule has 2 atom stereocenters. The minimum Gasteiger partial charge on any atom is -0.396 e. The minimum absolute atomic E-state index is 0.323. The molecule has 1 N–H and O–H groups in total. The zero-order valence-electron chi connectivity index (χ0n) is 4.81. The third-order valence-corrected chi connectivity index (χ3v) is 2.13. The van der Waals surface area contributed by atoms with Crippen LogP contribution in [0.5, 0.6) is 0 Å². The lowest BCUT2D eigenvalue weighted by atomic mass is 10.1. The summed E-state index contributed by atoms with van der Waals surface area (Å²) in [7, 11) is 0. The summed E-state index contributed by atoms with van der Waals surface area (Å²) < 4.78 is 0. The van der Waals surface area contributed by atoms with Crippen molar-refractivity contribution in [3.63, 3.8) is 0 Å². The summed E-state index contributed by atoms with van der Waals surface area (Å²) in [4.78, 5) is 0. The van der Waals surface area contributed by atoms with E-state index >= 15 is 0 Å². The molecule has 0 aromatic heterocycles. The van der Waals surface area contributed by atoms with Crippen LogP contribution in [0.1, 0.15) is 19.3 Å². The van der Waals surface area contributed by atoms with Gasteiger partial charge in [0.1, 0.15) is 0 Å². The zero-order valence-corrected chi connectivity index (χ0v) is 5.56. The molecule has 1 rings (SSSR count). The van der Waals surface area contributed by atoms with Crippen LogP contribution in [0.3, 0.4) is 0 Å². The molecule has 1 nitrogen and oxygen atoms in total. The molecule has 1 aliphatic carbocycles. The predicted molar refractivity (Wildman–Crippen MR) is 34.1 cm³/mol. The second-order valence-corrected chi connectivity index (χ2v) is 3.08. The quantitative estimate of drug-likeness (QED) is 0.538. The summed E-state index contributed by atoms with van der Waals surface area (Å²) in [5.41, 5.74) is 0. The molecule has 0 spiro atoms. The fraction of sp³-hybridized carbons (Fsp3) is 1.00. The van der Waals surface area contributed by atoms with Crippen LogP contribution in [0.25, 0.3) is 0 Å². The van der Waals surface area contributed by atoms with E-state index in [0.717, 1.165) is 19.3 Å². The molecule has 0 aliphatic heterocycles. The molecule has 0 bridgehead atoms. The number of alkyl halides is 1. The molecule has 0 saturated heterocycles. The van der Waals surface area contributed by atoms with Gasteiger partial charge in [-0.1, -0.05) is 0 Å². The molecule has 48 valence electrons. The minimum atomic E-state index is 0.323. The van der Waals surface area contributed by atoms with Gasteiger partial charge in [0.15, 0.2) is 0 Å². The van der Waals surface area contributed by atoms with Crippen LogP contribution in [0, 0.1) is 5.92 Å². The van der Waals surface area contributed by atoms with Crippen molar-refractivity contribution in [1.29, 1.82) is 0 Å². The average molecular weight is 135 g/mol. The van der Waals surface area contributed by atoms with Gasteiger partial charge >= 0.3 is 0 Å². The number of halogens is 1. The lowest BCUT2D eigenvalue weighted by molar-refractivity contribution is 0.230. The van der Waals surface area contributed by atoms with Gasteiger partial charge in [-0.15, -0.1) is 11.6 Å². The van der Waals surface area contributed by atoms with E-state index in [1.54, 1.807) is 0 Å². The van der Waals surface area contributed by atoms with Crippen LogP contribution in [0.4, 0.5) is 0 Å². The van der Waals surface area contributed by atoms with Gasteiger partial charge < -0.3 is 5.11 Å². The van der Waals surface area contributed by atoms with E-state index in [1.165, 1.54) is 0 Å². The van der Waals surface area contributed by atoms with Crippen LogP contribution < -0.4 is 0 Å². The summed E-state index contributed by atoms with van der Waals surface area (Å²) in [6, 6.07) is 0. The Balaban J connectivity index is 2.22. The van der Waals surface area contributed by atoms with Gasteiger partial charge in [0.25, 0.3) is 0 Å². The van der Waals surface area contributed by atoms with E-state index in [4.69, 9.17) is 16.7 Å². The van der Waals surface area contributed by atoms with E-state index < -0.39 is 0 Å². The smallest absolute Gasteiger partial charge is 0.0459 e. The van der Waals surface area contributed by atoms with E-state index in [0.29, 0.717) is 17.9 Å². The molecule has 1 saturated carbocycles. The van der Waals surface area contributed by atoms with E-state index in [1.807, 2.05) is 0 Å². The van der Waals surface area contributed by atoms with Crippen LogP contribution in [-0.4, -0.2) is 17.1 Å². The van der Waals surface area contributed by atoms with Gasteiger partial charge in [-0.25, -0.2) is 0 Å². The molecule has 0 amide bonds. The maximum absolute atomic E-state index is 8.63. The normalized spacial score (nSPS) is 38.2. The van der Waals surface area contributed by atoms with Crippen LogP contribution in [0.2, 0.25) is 0 Å². The largest absolute Gasteiger partial charge is 0.396 e. The van der Waals surface area contributed by atoms with Crippen LogP contribution in [0.15, 0.2) is 0 Å². The van der Waals surface area contributed by atoms with Crippen LogP contribution >= 0.6 is 11.6 Å². The molecule has 1 aliphatic rings. The highest BCUT2D eigenvalue weighted by atomic mass is 35.5. The van der Waals surface area contributed by atoms with Crippen molar-refractivity contribution in [2.45, 2.75) is 24.6 Å². The van der Waals surface area contributed by atoms with E-state index in [2.05, 4.69) is 0 Å². The summed E-state index contributed by atoms with van der Waals surface area (Å²) in [5, 5.41) is 8.97. The van der Waals surface area contributed by atoms with Crippen molar-refractivity contribution in [3.8, 4) is 0 Å². The first kappa shape index (κ1) is 6.37. The second-order valence-electron chi connectivity index (χ2n) is 2.46. The molecular formula is C6H11ClO. The van der Waals surface area contributed by atoms with E-state index in [9.17, 15) is 0 Å². The third kappa shape index (κ3) is 1.36. The molecule has 2 unspecified atom stereocenters. The highest BCUT2D eigenvalue weighted by molar-refractivity contribution is 6.20. The van der Waals surface area contributed by atoms with Crippen molar-refractivity contribution in [2.24, 2.45) is 5.92 Å². The lowest BCUT2D eigenvalue weighted by Gasteiger charge is -2.00. The molecule has 1 fully saturated rings. The number of hydrogen-bond acceptors (Lipinski definition) is 1. The molecule has 8 heavy (non-hydrogen) atoms. The maximum atomic E-state index is 8.63. The maximum Gasteiger partial charge on any atom is 0.0459 e. The number of aliphatic hydroxyl groups excluding tert-OH is 1. The standard InChI is InChI=1S/C6H11ClO/c7-6-2-1-5(3-6)4-8/h5-6,8H,1-4H2. The van der Waals surface area contributed by atoms with Gasteiger partial charge in [0, 0.05) is 12.0 Å². The molecule has 0 aromatic carbocycles. The summed E-state index contributed by atoms with van der Waals surface area (Å²) in [5.74, 6) is 0.498. The first-order valence-corrected chi connectivity index (χ1v) is 3.51. The SMILES string of the molecule is OCC1CCC(Cl)C1. The Bertz CT molecular complexity index is 74.9. The van der Waals surface area contributed by atoms with Crippen molar-refractivity contribution >= 4 is 11.6 Å². The highest BCUT2D eigenvalue weighted by Gasteiger charge is 2.21. The Labute approximate surface area is 54.7 Å². The first-order valence-electron chi connectivity index (χ1n) is 3.08. The van der Waals surface area contributed by atoms with Crippen molar-refractivity contribution < 1.29 is 5.11 Å². The lowest BCUT2D eigenvalue weighted by Crippen LogP contribution is -1.99. The Hall–Kier alpha value is 0.250. The highest BCUT2D eigenvalue weighted by Crippen LogP contribution is 2.28. The number of aliphatic hydroxyl groups is 1. The van der Waals surface area contributed by atoms with Crippen molar-refractivity contribution in [2.75, 3.05) is 6.61 Å². The fourth-order valence-electron chi connectivity index (χ4n) is 1.18. The Kier molecular flexibility index (Phi) is 2.15. The van der Waals surface area contributed by atoms with Gasteiger partial charge in [-0.05, 0) is 25.2 Å². The molecule has 2 heteroatoms. The average Bonchev–Trinajstić information content (AvgIpc) is 2.14. The number of hydrogen-bond donors (Lipinski definition) is 1. The monoisotopic (exact) mass is 134 g/mol. The van der Waals surface area contributed by atoms with Gasteiger partial charge in [0.2, 0.25) is 0 Å². The molecule has 0 radical (unpaired) electrons. The third-order valence-electron chi connectivity index (χ3n) is 1.74. The summed E-state index contributed by atoms with van der Waals surface area (Å²) >= 11 is 5.77. The molecule has 0 heterocycles. The van der Waals surface area contributed by atoms with Crippen LogP contribution in [-0.2, 0) is 0 Å². The fourth-order valence-corrected chi connectivity index (χ4v) is 1.56. The van der Waals surface area contributed by atoms with Gasteiger partial charge in [-0.3, -0.25) is 0 Å². The predicted octanol–water partition coefficient (Wildman–Crippen LogP) is 1.39. The molecular weight excluding hydrogens is 124 g/mol. The van der Waals surface area contributed by atoms with Crippen molar-refractivity contribution in [1.82, 2.24) is 0 Å². The summed E-state index contributed by atoms with van der Waals surface area (Å²) in [6.45, 7) is 0.323. The Morgan fingerprint density at radius 3 is 2.50 bits per heavy atom. The topological polar surface area (TPSA) is 20.2 Å². The van der Waals surface area contributed by atoms with Gasteiger partial charge in [0.05, 0.1) is 0 Å². The van der Waals surface area contributed by atoms with Gasteiger partial charge in [-0.2, -0.15) is 0 Å². The summed E-state index contributed by atoms with van der Waals surface area (Å²) in [6.07, 6.45) is 3.22. The van der Waals surface area contributed by atoms with Crippen molar-refractivity contribution in [3.05, 3.63) is 0 Å². The Morgan fingerprint density at radius 1 is 1.50 bits per heavy atom. The molecule has 0 aromatic rings. The first-order chi connectivity index (χ1) is 3.83. The number of rotatable bonds is 1.